The predicted octanol–water partition coefficient (Wildman–Crippen LogP) is 3.10. The number of ether oxygens (including phenoxy) is 1. The van der Waals surface area contributed by atoms with Crippen LogP contribution in [0.2, 0.25) is 0 Å². The van der Waals surface area contributed by atoms with Crippen molar-refractivity contribution >= 4 is 17.2 Å². The van der Waals surface area contributed by atoms with Gasteiger partial charge in [0.05, 0.1) is 12.4 Å². The van der Waals surface area contributed by atoms with Crippen LogP contribution in [-0.2, 0) is 13.5 Å². The summed E-state index contributed by atoms with van der Waals surface area (Å²) in [6.45, 7) is 4.11. The Morgan fingerprint density at radius 1 is 1.24 bits per heavy atom. The number of hydrogen-bond acceptors (Lipinski definition) is 5. The Kier molecular flexibility index (Phi) is 3.70. The van der Waals surface area contributed by atoms with E-state index in [1.165, 1.54) is 6.20 Å². The number of rotatable bonds is 3. The van der Waals surface area contributed by atoms with Gasteiger partial charge in [-0.2, -0.15) is 10.2 Å². The van der Waals surface area contributed by atoms with Crippen LogP contribution in [0.15, 0.2) is 49.2 Å². The molecule has 3 aromatic heterocycles. The van der Waals surface area contributed by atoms with Gasteiger partial charge in [-0.05, 0) is 32.0 Å². The molecule has 0 bridgehead atoms. The molecule has 1 aliphatic rings. The molecule has 8 heteroatoms. The Morgan fingerprint density at radius 3 is 2.90 bits per heavy atom. The van der Waals surface area contributed by atoms with Crippen molar-refractivity contribution in [2.45, 2.75) is 25.9 Å². The zero-order valence-corrected chi connectivity index (χ0v) is 16.4. The lowest BCUT2D eigenvalue weighted by Gasteiger charge is -2.17. The number of nitrogens with one attached hydrogen (secondary N) is 1. The highest BCUT2D eigenvalue weighted by molar-refractivity contribution is 6.09. The number of fused-ring (bicyclic) bond motifs is 2. The second kappa shape index (κ2) is 6.16. The molecule has 4 aromatic rings. The molecule has 0 atom stereocenters. The maximum atomic E-state index is 13.0. The first-order chi connectivity index (χ1) is 13.9. The monoisotopic (exact) mass is 388 g/mol. The van der Waals surface area contributed by atoms with Gasteiger partial charge in [0, 0.05) is 54.4 Å². The fraction of sp³-hybridized carbons (Fsp3) is 0.238. The van der Waals surface area contributed by atoms with Crippen molar-refractivity contribution in [1.82, 2.24) is 24.4 Å². The molecule has 0 radical (unpaired) electrons. The van der Waals surface area contributed by atoms with E-state index in [9.17, 15) is 4.79 Å². The molecule has 1 aliphatic heterocycles. The Bertz CT molecular complexity index is 1250. The van der Waals surface area contributed by atoms with Gasteiger partial charge in [-0.15, -0.1) is 0 Å². The van der Waals surface area contributed by atoms with Gasteiger partial charge in [0.15, 0.2) is 5.65 Å². The Labute approximate surface area is 167 Å². The van der Waals surface area contributed by atoms with Gasteiger partial charge in [0.2, 0.25) is 0 Å². The summed E-state index contributed by atoms with van der Waals surface area (Å²) >= 11 is 0. The molecule has 0 fully saturated rings. The van der Waals surface area contributed by atoms with E-state index in [2.05, 4.69) is 34.3 Å². The van der Waals surface area contributed by atoms with Crippen LogP contribution in [0.25, 0.3) is 16.8 Å². The first-order valence-corrected chi connectivity index (χ1v) is 9.34. The second-order valence-corrected chi connectivity index (χ2v) is 7.85. The highest BCUT2D eigenvalue weighted by Gasteiger charge is 2.31. The van der Waals surface area contributed by atoms with Crippen LogP contribution in [-0.4, -0.2) is 35.9 Å². The van der Waals surface area contributed by atoms with Gasteiger partial charge in [-0.1, -0.05) is 0 Å². The molecule has 0 spiro atoms. The molecule has 0 unspecified atom stereocenters. The minimum atomic E-state index is -0.274. The molecule has 146 valence electrons. The summed E-state index contributed by atoms with van der Waals surface area (Å²) < 4.78 is 9.40. The summed E-state index contributed by atoms with van der Waals surface area (Å²) in [4.78, 5) is 17.3. The van der Waals surface area contributed by atoms with E-state index in [0.717, 1.165) is 28.9 Å². The maximum absolute atomic E-state index is 13.0. The van der Waals surface area contributed by atoms with Crippen LogP contribution >= 0.6 is 0 Å². The first kappa shape index (κ1) is 17.4. The highest BCUT2D eigenvalue weighted by atomic mass is 16.5. The molecule has 8 nitrogen and oxygen atoms in total. The fourth-order valence-electron chi connectivity index (χ4n) is 3.73. The predicted molar refractivity (Wildman–Crippen MR) is 108 cm³/mol. The molecule has 0 aliphatic carbocycles. The zero-order valence-electron chi connectivity index (χ0n) is 16.4. The van der Waals surface area contributed by atoms with E-state index < -0.39 is 0 Å². The van der Waals surface area contributed by atoms with Gasteiger partial charge >= 0.3 is 0 Å². The van der Waals surface area contributed by atoms with E-state index >= 15 is 0 Å². The number of carbonyl (C=O) groups is 1. The van der Waals surface area contributed by atoms with E-state index in [1.807, 2.05) is 25.4 Å². The third-order valence-corrected chi connectivity index (χ3v) is 4.99. The molecule has 1 amide bonds. The number of benzene rings is 1. The van der Waals surface area contributed by atoms with Crippen molar-refractivity contribution in [2.75, 3.05) is 5.32 Å². The molecule has 0 saturated heterocycles. The van der Waals surface area contributed by atoms with E-state index in [4.69, 9.17) is 4.74 Å². The molecular formula is C21H20N6O2. The normalized spacial score (nSPS) is 14.6. The average Bonchev–Trinajstić information content (AvgIpc) is 3.36. The van der Waals surface area contributed by atoms with Crippen molar-refractivity contribution in [1.29, 1.82) is 0 Å². The molecule has 0 saturated carbocycles. The molecule has 1 aromatic carbocycles. The number of aryl methyl sites for hydroxylation is 1. The summed E-state index contributed by atoms with van der Waals surface area (Å²) in [5, 5.41) is 11.5. The molecule has 1 N–H and O–H groups in total. The molecule has 5 rings (SSSR count). The van der Waals surface area contributed by atoms with Crippen LogP contribution in [0.4, 0.5) is 5.69 Å². The first-order valence-electron chi connectivity index (χ1n) is 9.34. The summed E-state index contributed by atoms with van der Waals surface area (Å²) in [6, 6.07) is 5.74. The second-order valence-electron chi connectivity index (χ2n) is 7.85. The van der Waals surface area contributed by atoms with Gasteiger partial charge in [-0.25, -0.2) is 9.50 Å². The summed E-state index contributed by atoms with van der Waals surface area (Å²) in [7, 11) is 1.86. The lowest BCUT2D eigenvalue weighted by molar-refractivity contribution is 0.102. The topological polar surface area (TPSA) is 86.3 Å². The Morgan fingerprint density at radius 2 is 2.10 bits per heavy atom. The average molecular weight is 388 g/mol. The number of anilines is 1. The number of hydrogen-bond donors (Lipinski definition) is 1. The van der Waals surface area contributed by atoms with Crippen molar-refractivity contribution in [3.05, 3.63) is 60.3 Å². The van der Waals surface area contributed by atoms with Gasteiger partial charge in [0.25, 0.3) is 5.91 Å². The van der Waals surface area contributed by atoms with Crippen LogP contribution in [0.5, 0.6) is 5.75 Å². The third kappa shape index (κ3) is 3.02. The van der Waals surface area contributed by atoms with Crippen molar-refractivity contribution in [3.63, 3.8) is 0 Å². The standard InChI is InChI=1S/C21H20N6O2/c1-21(2)9-13-7-17(15(8-18(13)29-21)14-10-23-26(3)12-14)25-20(28)16-11-24-27-6-4-5-22-19(16)27/h4-8,10-12H,9H2,1-3H3,(H,25,28). The minimum Gasteiger partial charge on any atom is -0.487 e. The highest BCUT2D eigenvalue weighted by Crippen LogP contribution is 2.41. The fourth-order valence-corrected chi connectivity index (χ4v) is 3.73. The number of carbonyl (C=O) groups excluding carboxylic acids is 1. The molecule has 29 heavy (non-hydrogen) atoms. The summed E-state index contributed by atoms with van der Waals surface area (Å²) in [5.41, 5.74) is 4.18. The SMILES string of the molecule is Cn1cc(-c2cc3c(cc2NC(=O)c2cnn4cccnc24)CC(C)(C)O3)cn1. The van der Waals surface area contributed by atoms with Crippen molar-refractivity contribution < 1.29 is 9.53 Å². The van der Waals surface area contributed by atoms with E-state index in [1.54, 1.807) is 33.9 Å². The van der Waals surface area contributed by atoms with Crippen molar-refractivity contribution in [2.24, 2.45) is 7.05 Å². The van der Waals surface area contributed by atoms with Crippen LogP contribution in [0.3, 0.4) is 0 Å². The molecule has 4 heterocycles. The van der Waals surface area contributed by atoms with Crippen molar-refractivity contribution in [3.8, 4) is 16.9 Å². The Hall–Kier alpha value is -3.68. The van der Waals surface area contributed by atoms with Crippen LogP contribution in [0.1, 0.15) is 29.8 Å². The summed E-state index contributed by atoms with van der Waals surface area (Å²) in [6.07, 6.45) is 9.39. The lowest BCUT2D eigenvalue weighted by atomic mass is 9.98. The van der Waals surface area contributed by atoms with Gasteiger partial charge < -0.3 is 10.1 Å². The minimum absolute atomic E-state index is 0.262. The third-order valence-electron chi connectivity index (χ3n) is 4.99. The maximum Gasteiger partial charge on any atom is 0.261 e. The summed E-state index contributed by atoms with van der Waals surface area (Å²) in [5.74, 6) is 0.575. The number of aromatic nitrogens is 5. The van der Waals surface area contributed by atoms with Crippen LogP contribution < -0.4 is 10.1 Å². The smallest absolute Gasteiger partial charge is 0.261 e. The van der Waals surface area contributed by atoms with Crippen LogP contribution in [0, 0.1) is 0 Å². The largest absolute Gasteiger partial charge is 0.487 e. The number of amides is 1. The quantitative estimate of drug-likeness (QED) is 0.583. The molecular weight excluding hydrogens is 368 g/mol. The lowest BCUT2D eigenvalue weighted by Crippen LogP contribution is -2.24. The Balaban J connectivity index is 1.57. The van der Waals surface area contributed by atoms with Gasteiger partial charge in [-0.3, -0.25) is 9.48 Å². The number of nitrogens with zero attached hydrogens (tertiary/aromatic N) is 5. The van der Waals surface area contributed by atoms with E-state index in [0.29, 0.717) is 16.9 Å². The van der Waals surface area contributed by atoms with E-state index in [-0.39, 0.29) is 11.5 Å². The van der Waals surface area contributed by atoms with Gasteiger partial charge in [0.1, 0.15) is 16.9 Å². The zero-order chi connectivity index (χ0) is 20.2.